The quantitative estimate of drug-likeness (QED) is 0.687. The van der Waals surface area contributed by atoms with Gasteiger partial charge in [0, 0.05) is 13.1 Å². The predicted octanol–water partition coefficient (Wildman–Crippen LogP) is 3.21. The van der Waals surface area contributed by atoms with Crippen LogP contribution in [0.25, 0.3) is 6.08 Å². The molecule has 3 amide bonds. The van der Waals surface area contributed by atoms with Crippen LogP contribution in [0.4, 0.5) is 4.79 Å². The zero-order chi connectivity index (χ0) is 19.6. The van der Waals surface area contributed by atoms with Crippen LogP contribution in [0.1, 0.15) is 25.3 Å². The van der Waals surface area contributed by atoms with Crippen molar-refractivity contribution in [1.29, 1.82) is 0 Å². The summed E-state index contributed by atoms with van der Waals surface area (Å²) in [5, 5.41) is 9.53. The molecule has 3 rings (SSSR count). The number of nitrogens with zero attached hydrogens (tertiary/aromatic N) is 2. The number of aromatic hydroxyl groups is 1. The topological polar surface area (TPSA) is 87.2 Å². The first-order valence-corrected chi connectivity index (χ1v) is 10.2. The maximum absolute atomic E-state index is 12.6. The van der Waals surface area contributed by atoms with E-state index in [0.717, 1.165) is 29.5 Å². The molecule has 1 aromatic carbocycles. The largest absolute Gasteiger partial charge is 0.503 e. The van der Waals surface area contributed by atoms with Gasteiger partial charge in [-0.3, -0.25) is 19.3 Å². The van der Waals surface area contributed by atoms with E-state index in [1.54, 1.807) is 30.0 Å². The lowest BCUT2D eigenvalue weighted by Crippen LogP contribution is -2.40. The maximum Gasteiger partial charge on any atom is 0.294 e. The minimum Gasteiger partial charge on any atom is -0.503 e. The molecule has 0 spiro atoms. The Labute approximate surface area is 169 Å². The van der Waals surface area contributed by atoms with Gasteiger partial charge in [0.25, 0.3) is 11.1 Å². The van der Waals surface area contributed by atoms with Crippen molar-refractivity contribution in [2.45, 2.75) is 19.8 Å². The summed E-state index contributed by atoms with van der Waals surface area (Å²) in [4.78, 5) is 39.9. The Hall–Kier alpha value is -2.00. The van der Waals surface area contributed by atoms with E-state index in [-0.39, 0.29) is 28.9 Å². The molecule has 0 radical (unpaired) electrons. The van der Waals surface area contributed by atoms with Crippen LogP contribution in [0.5, 0.6) is 11.5 Å². The minimum atomic E-state index is -0.486. The lowest BCUT2D eigenvalue weighted by molar-refractivity contribution is -0.135. The van der Waals surface area contributed by atoms with Crippen molar-refractivity contribution in [2.24, 2.45) is 0 Å². The van der Waals surface area contributed by atoms with Gasteiger partial charge < -0.3 is 14.7 Å². The van der Waals surface area contributed by atoms with Crippen LogP contribution in [0.2, 0.25) is 0 Å². The van der Waals surface area contributed by atoms with Crippen LogP contribution >= 0.6 is 27.7 Å². The van der Waals surface area contributed by atoms with E-state index in [2.05, 4.69) is 15.9 Å². The Kier molecular flexibility index (Phi) is 6.11. The molecule has 27 heavy (non-hydrogen) atoms. The molecule has 0 aliphatic carbocycles. The van der Waals surface area contributed by atoms with Gasteiger partial charge in [0.05, 0.1) is 16.0 Å². The fourth-order valence-corrected chi connectivity index (χ4v) is 4.23. The highest BCUT2D eigenvalue weighted by molar-refractivity contribution is 9.10. The second kappa shape index (κ2) is 8.35. The number of phenolic OH excluding ortho intramolecular Hbond substituents is 1. The summed E-state index contributed by atoms with van der Waals surface area (Å²) < 4.78 is 5.79. The first-order valence-electron chi connectivity index (χ1n) is 8.59. The van der Waals surface area contributed by atoms with Gasteiger partial charge >= 0.3 is 0 Å². The molecule has 0 aromatic heterocycles. The number of hydrogen-bond acceptors (Lipinski definition) is 6. The van der Waals surface area contributed by atoms with Gasteiger partial charge in [0.1, 0.15) is 6.54 Å². The van der Waals surface area contributed by atoms with Crippen molar-refractivity contribution >= 4 is 50.8 Å². The van der Waals surface area contributed by atoms with E-state index in [1.807, 2.05) is 0 Å². The van der Waals surface area contributed by atoms with E-state index in [4.69, 9.17) is 4.74 Å². The molecule has 2 heterocycles. The molecule has 144 valence electrons. The van der Waals surface area contributed by atoms with E-state index in [9.17, 15) is 19.5 Å². The maximum atomic E-state index is 12.6. The predicted molar refractivity (Wildman–Crippen MR) is 105 cm³/mol. The zero-order valence-corrected chi connectivity index (χ0v) is 17.1. The normalized spacial score (nSPS) is 18.7. The number of likely N-dealkylation sites (tertiary alicyclic amines) is 1. The van der Waals surface area contributed by atoms with Gasteiger partial charge in [-0.05, 0) is 71.2 Å². The number of ether oxygens (including phenoxy) is 1. The molecule has 2 saturated heterocycles. The minimum absolute atomic E-state index is 0.0293. The van der Waals surface area contributed by atoms with Crippen LogP contribution in [0.15, 0.2) is 21.5 Å². The lowest BCUT2D eigenvalue weighted by atomic mass is 10.2. The number of thioether (sulfide) groups is 1. The van der Waals surface area contributed by atoms with E-state index in [0.29, 0.717) is 29.7 Å². The van der Waals surface area contributed by atoms with Crippen LogP contribution < -0.4 is 4.74 Å². The summed E-state index contributed by atoms with van der Waals surface area (Å²) in [6.45, 7) is 3.28. The number of carbonyl (C=O) groups is 3. The average Bonchev–Trinajstić information content (AvgIpc) is 3.24. The highest BCUT2D eigenvalue weighted by atomic mass is 79.9. The smallest absolute Gasteiger partial charge is 0.294 e. The van der Waals surface area contributed by atoms with Crippen molar-refractivity contribution in [3.63, 3.8) is 0 Å². The van der Waals surface area contributed by atoms with Crippen LogP contribution in [0, 0.1) is 0 Å². The number of hydrogen-bond donors (Lipinski definition) is 1. The van der Waals surface area contributed by atoms with Crippen LogP contribution in [-0.2, 0) is 9.59 Å². The molecule has 9 heteroatoms. The molecule has 0 saturated carbocycles. The second-order valence-corrected chi connectivity index (χ2v) is 7.99. The van der Waals surface area contributed by atoms with Crippen molar-refractivity contribution in [1.82, 2.24) is 9.80 Å². The highest BCUT2D eigenvalue weighted by Crippen LogP contribution is 2.38. The zero-order valence-electron chi connectivity index (χ0n) is 14.7. The monoisotopic (exact) mass is 454 g/mol. The van der Waals surface area contributed by atoms with Gasteiger partial charge in [-0.15, -0.1) is 0 Å². The molecule has 1 N–H and O–H groups in total. The third-order valence-corrected chi connectivity index (χ3v) is 5.79. The SMILES string of the molecule is CCOc1cc(/C=C2\SC(=O)N(CC(=O)N3CCCC3)C2=O)cc(Br)c1O. The Morgan fingerprint density at radius 2 is 2.04 bits per heavy atom. The molecule has 0 unspecified atom stereocenters. The highest BCUT2D eigenvalue weighted by Gasteiger charge is 2.37. The number of halogens is 1. The van der Waals surface area contributed by atoms with Gasteiger partial charge in [-0.1, -0.05) is 0 Å². The van der Waals surface area contributed by atoms with E-state index >= 15 is 0 Å². The van der Waals surface area contributed by atoms with Crippen molar-refractivity contribution in [3.05, 3.63) is 27.1 Å². The number of phenols is 1. The summed E-state index contributed by atoms with van der Waals surface area (Å²) in [6, 6.07) is 3.22. The first kappa shape index (κ1) is 19.8. The number of benzene rings is 1. The van der Waals surface area contributed by atoms with E-state index in [1.165, 1.54) is 0 Å². The first-order chi connectivity index (χ1) is 12.9. The van der Waals surface area contributed by atoms with Crippen molar-refractivity contribution in [2.75, 3.05) is 26.2 Å². The Morgan fingerprint density at radius 3 is 2.70 bits per heavy atom. The second-order valence-electron chi connectivity index (χ2n) is 6.14. The number of rotatable bonds is 5. The summed E-state index contributed by atoms with van der Waals surface area (Å²) in [5.74, 6) is -0.443. The molecular weight excluding hydrogens is 436 g/mol. The lowest BCUT2D eigenvalue weighted by Gasteiger charge is -2.18. The van der Waals surface area contributed by atoms with Crippen molar-refractivity contribution < 1.29 is 24.2 Å². The third kappa shape index (κ3) is 4.30. The number of amides is 3. The molecule has 7 nitrogen and oxygen atoms in total. The van der Waals surface area contributed by atoms with E-state index < -0.39 is 11.1 Å². The van der Waals surface area contributed by atoms with Gasteiger partial charge in [-0.25, -0.2) is 0 Å². The van der Waals surface area contributed by atoms with Gasteiger partial charge in [-0.2, -0.15) is 0 Å². The number of imide groups is 1. The molecule has 2 fully saturated rings. The molecule has 1 aromatic rings. The number of carbonyl (C=O) groups excluding carboxylic acids is 3. The fraction of sp³-hybridized carbons (Fsp3) is 0.389. The van der Waals surface area contributed by atoms with Crippen LogP contribution in [-0.4, -0.2) is 58.2 Å². The molecule has 2 aliphatic heterocycles. The fourth-order valence-electron chi connectivity index (χ4n) is 2.93. The summed E-state index contributed by atoms with van der Waals surface area (Å²) in [5.41, 5.74) is 0.597. The summed E-state index contributed by atoms with van der Waals surface area (Å²) in [6.07, 6.45) is 3.45. The molecule has 0 atom stereocenters. The Morgan fingerprint density at radius 1 is 1.33 bits per heavy atom. The van der Waals surface area contributed by atoms with Gasteiger partial charge in [0.15, 0.2) is 11.5 Å². The summed E-state index contributed by atoms with van der Waals surface area (Å²) in [7, 11) is 0. The molecule has 2 aliphatic rings. The van der Waals surface area contributed by atoms with Gasteiger partial charge in [0.2, 0.25) is 5.91 Å². The Bertz CT molecular complexity index is 820. The Balaban J connectivity index is 1.78. The standard InChI is InChI=1S/C18H19BrN2O5S/c1-2-26-13-8-11(7-12(19)16(13)23)9-14-17(24)21(18(25)27-14)10-15(22)20-5-3-4-6-20/h7-9,23H,2-6,10H2,1H3/b14-9-. The van der Waals surface area contributed by atoms with Crippen molar-refractivity contribution in [3.8, 4) is 11.5 Å². The van der Waals surface area contributed by atoms with Crippen LogP contribution in [0.3, 0.4) is 0 Å². The molecule has 0 bridgehead atoms. The third-order valence-electron chi connectivity index (χ3n) is 4.27. The molecular formula is C18H19BrN2O5S. The summed E-state index contributed by atoms with van der Waals surface area (Å²) >= 11 is 4.05. The average molecular weight is 455 g/mol.